The number of rotatable bonds is 6. The molecule has 0 aromatic heterocycles. The number of nitrogens with one attached hydrogen (secondary N) is 1. The summed E-state index contributed by atoms with van der Waals surface area (Å²) in [4.78, 5) is 22.8. The van der Waals surface area contributed by atoms with Gasteiger partial charge in [-0.15, -0.1) is 0 Å². The minimum absolute atomic E-state index is 0.211. The summed E-state index contributed by atoms with van der Waals surface area (Å²) >= 11 is 0. The molecule has 0 bridgehead atoms. The van der Waals surface area contributed by atoms with Crippen LogP contribution in [0.15, 0.2) is 24.3 Å². The highest BCUT2D eigenvalue weighted by atomic mass is 16.6. The summed E-state index contributed by atoms with van der Waals surface area (Å²) in [5.74, 6) is -0.607. The second-order valence-corrected chi connectivity index (χ2v) is 6.39. The number of carbonyl (C=O) groups excluding carboxylic acids is 2. The number of esters is 1. The van der Waals surface area contributed by atoms with Gasteiger partial charge in [0.25, 0.3) is 0 Å². The van der Waals surface area contributed by atoms with Gasteiger partial charge >= 0.3 is 12.1 Å². The van der Waals surface area contributed by atoms with Gasteiger partial charge in [0.15, 0.2) is 0 Å². The molecule has 134 valence electrons. The molecule has 2 atom stereocenters. The molecule has 24 heavy (non-hydrogen) atoms. The molecule has 3 N–H and O–H groups in total. The van der Waals surface area contributed by atoms with E-state index in [-0.39, 0.29) is 13.0 Å². The second-order valence-electron chi connectivity index (χ2n) is 6.39. The zero-order valence-electron chi connectivity index (χ0n) is 14.4. The van der Waals surface area contributed by atoms with Gasteiger partial charge in [0.1, 0.15) is 11.7 Å². The number of aliphatic hydroxyl groups is 2. The molecule has 0 heterocycles. The SMILES string of the molecule is COC(=O)CC(O)C(O)c1cccc(CNC(=O)OC(C)(C)C)c1. The van der Waals surface area contributed by atoms with E-state index in [1.807, 2.05) is 0 Å². The molecule has 0 aliphatic rings. The Morgan fingerprint density at radius 1 is 1.25 bits per heavy atom. The third-order valence-electron chi connectivity index (χ3n) is 3.10. The van der Waals surface area contributed by atoms with Gasteiger partial charge < -0.3 is 25.0 Å². The van der Waals surface area contributed by atoms with Gasteiger partial charge in [0.05, 0.1) is 19.6 Å². The van der Waals surface area contributed by atoms with Crippen LogP contribution >= 0.6 is 0 Å². The highest BCUT2D eigenvalue weighted by Gasteiger charge is 2.22. The van der Waals surface area contributed by atoms with E-state index in [4.69, 9.17) is 4.74 Å². The standard InChI is InChI=1S/C17H25NO6/c1-17(2,3)24-16(22)18-10-11-6-5-7-12(8-11)15(21)13(19)9-14(20)23-4/h5-8,13,15,19,21H,9-10H2,1-4H3,(H,18,22). The van der Waals surface area contributed by atoms with Crippen molar-refractivity contribution in [3.63, 3.8) is 0 Å². The number of hydrogen-bond acceptors (Lipinski definition) is 6. The van der Waals surface area contributed by atoms with Gasteiger partial charge in [-0.1, -0.05) is 24.3 Å². The minimum Gasteiger partial charge on any atom is -0.469 e. The topological polar surface area (TPSA) is 105 Å². The third kappa shape index (κ3) is 6.97. The quantitative estimate of drug-likeness (QED) is 0.681. The zero-order valence-corrected chi connectivity index (χ0v) is 14.4. The fourth-order valence-corrected chi connectivity index (χ4v) is 1.96. The first kappa shape index (κ1) is 19.9. The molecule has 7 nitrogen and oxygen atoms in total. The van der Waals surface area contributed by atoms with Crippen molar-refractivity contribution in [2.75, 3.05) is 7.11 Å². The highest BCUT2D eigenvalue weighted by Crippen LogP contribution is 2.20. The smallest absolute Gasteiger partial charge is 0.407 e. The lowest BCUT2D eigenvalue weighted by molar-refractivity contribution is -0.144. The molecule has 0 radical (unpaired) electrons. The molecule has 1 aromatic rings. The van der Waals surface area contributed by atoms with Gasteiger partial charge in [-0.3, -0.25) is 4.79 Å². The summed E-state index contributed by atoms with van der Waals surface area (Å²) in [6.45, 7) is 5.52. The molecule has 1 rings (SSSR count). The number of aliphatic hydroxyl groups excluding tert-OH is 2. The van der Waals surface area contributed by atoms with Crippen molar-refractivity contribution in [3.8, 4) is 0 Å². The monoisotopic (exact) mass is 339 g/mol. The molecule has 0 spiro atoms. The van der Waals surface area contributed by atoms with E-state index in [0.717, 1.165) is 5.56 Å². The fraction of sp³-hybridized carbons (Fsp3) is 0.529. The first-order valence-electron chi connectivity index (χ1n) is 7.61. The Morgan fingerprint density at radius 2 is 1.92 bits per heavy atom. The fourth-order valence-electron chi connectivity index (χ4n) is 1.96. The number of alkyl carbamates (subject to hydrolysis) is 1. The van der Waals surface area contributed by atoms with Crippen LogP contribution in [0.4, 0.5) is 4.79 Å². The number of hydrogen-bond donors (Lipinski definition) is 3. The van der Waals surface area contributed by atoms with Crippen LogP contribution in [0.2, 0.25) is 0 Å². The Morgan fingerprint density at radius 3 is 2.50 bits per heavy atom. The highest BCUT2D eigenvalue weighted by molar-refractivity contribution is 5.69. The summed E-state index contributed by atoms with van der Waals surface area (Å²) in [6, 6.07) is 6.72. The van der Waals surface area contributed by atoms with Gasteiger partial charge in [-0.25, -0.2) is 4.79 Å². The van der Waals surface area contributed by atoms with E-state index in [1.165, 1.54) is 7.11 Å². The van der Waals surface area contributed by atoms with Gasteiger partial charge in [-0.2, -0.15) is 0 Å². The number of amides is 1. The van der Waals surface area contributed by atoms with E-state index in [9.17, 15) is 19.8 Å². The summed E-state index contributed by atoms with van der Waals surface area (Å²) in [6.07, 6.45) is -3.35. The predicted octanol–water partition coefficient (Wildman–Crippen LogP) is 1.67. The van der Waals surface area contributed by atoms with Crippen LogP contribution in [0.25, 0.3) is 0 Å². The summed E-state index contributed by atoms with van der Waals surface area (Å²) in [5, 5.41) is 22.6. The molecule has 1 amide bonds. The second kappa shape index (κ2) is 8.65. The molecule has 1 aromatic carbocycles. The van der Waals surface area contributed by atoms with Gasteiger partial charge in [-0.05, 0) is 31.9 Å². The summed E-state index contributed by atoms with van der Waals surface area (Å²) < 4.78 is 9.60. The maximum atomic E-state index is 11.6. The maximum absolute atomic E-state index is 11.6. The largest absolute Gasteiger partial charge is 0.469 e. The number of ether oxygens (including phenoxy) is 2. The Hall–Kier alpha value is -2.12. The molecule has 0 aliphatic heterocycles. The average Bonchev–Trinajstić information content (AvgIpc) is 2.50. The van der Waals surface area contributed by atoms with Crippen LogP contribution in [0.5, 0.6) is 0 Å². The van der Waals surface area contributed by atoms with Crippen molar-refractivity contribution in [2.45, 2.75) is 51.5 Å². The zero-order chi connectivity index (χ0) is 18.3. The molecule has 0 saturated heterocycles. The molecule has 2 unspecified atom stereocenters. The van der Waals surface area contributed by atoms with Gasteiger partial charge in [0.2, 0.25) is 0 Å². The normalized spacial score (nSPS) is 13.8. The maximum Gasteiger partial charge on any atom is 0.407 e. The Balaban J connectivity index is 2.66. The van der Waals surface area contributed by atoms with Crippen LogP contribution < -0.4 is 5.32 Å². The summed E-state index contributed by atoms with van der Waals surface area (Å²) in [7, 11) is 1.21. The predicted molar refractivity (Wildman–Crippen MR) is 87.1 cm³/mol. The Labute approximate surface area is 141 Å². The number of benzene rings is 1. The van der Waals surface area contributed by atoms with Crippen LogP contribution in [-0.2, 0) is 20.8 Å². The van der Waals surface area contributed by atoms with E-state index < -0.39 is 29.9 Å². The Bertz CT molecular complexity index is 566. The Kier molecular flexibility index (Phi) is 7.18. The number of carbonyl (C=O) groups is 2. The lowest BCUT2D eigenvalue weighted by Crippen LogP contribution is -2.32. The first-order valence-corrected chi connectivity index (χ1v) is 7.61. The van der Waals surface area contributed by atoms with Crippen molar-refractivity contribution in [2.24, 2.45) is 0 Å². The van der Waals surface area contributed by atoms with Crippen molar-refractivity contribution < 1.29 is 29.3 Å². The lowest BCUT2D eigenvalue weighted by Gasteiger charge is -2.20. The molecule has 0 saturated carbocycles. The molecule has 7 heteroatoms. The minimum atomic E-state index is -1.27. The average molecular weight is 339 g/mol. The van der Waals surface area contributed by atoms with E-state index >= 15 is 0 Å². The third-order valence-corrected chi connectivity index (χ3v) is 3.10. The molecular formula is C17H25NO6. The van der Waals surface area contributed by atoms with E-state index in [1.54, 1.807) is 45.0 Å². The van der Waals surface area contributed by atoms with Crippen LogP contribution in [0.1, 0.15) is 44.4 Å². The van der Waals surface area contributed by atoms with Crippen LogP contribution in [-0.4, -0.2) is 41.1 Å². The van der Waals surface area contributed by atoms with Crippen molar-refractivity contribution in [1.82, 2.24) is 5.32 Å². The van der Waals surface area contributed by atoms with Crippen molar-refractivity contribution in [3.05, 3.63) is 35.4 Å². The molecular weight excluding hydrogens is 314 g/mol. The van der Waals surface area contributed by atoms with E-state index in [0.29, 0.717) is 5.56 Å². The van der Waals surface area contributed by atoms with E-state index in [2.05, 4.69) is 10.1 Å². The summed E-state index contributed by atoms with van der Waals surface area (Å²) in [5.41, 5.74) is 0.581. The van der Waals surface area contributed by atoms with Crippen molar-refractivity contribution in [1.29, 1.82) is 0 Å². The van der Waals surface area contributed by atoms with Crippen molar-refractivity contribution >= 4 is 12.1 Å². The van der Waals surface area contributed by atoms with Gasteiger partial charge in [0, 0.05) is 6.54 Å². The number of methoxy groups -OCH3 is 1. The molecule has 0 fully saturated rings. The van der Waals surface area contributed by atoms with Crippen LogP contribution in [0, 0.1) is 0 Å². The first-order chi connectivity index (χ1) is 11.1. The molecule has 0 aliphatic carbocycles. The van der Waals surface area contributed by atoms with Crippen LogP contribution in [0.3, 0.4) is 0 Å². The lowest BCUT2D eigenvalue weighted by atomic mass is 10.00.